The molecule has 166 valence electrons. The van der Waals surface area contributed by atoms with Crippen molar-refractivity contribution >= 4 is 17.5 Å². The predicted molar refractivity (Wildman–Crippen MR) is 121 cm³/mol. The summed E-state index contributed by atoms with van der Waals surface area (Å²) >= 11 is 0. The fourth-order valence-corrected chi connectivity index (χ4v) is 4.97. The molecule has 1 aromatic rings. The van der Waals surface area contributed by atoms with E-state index in [-0.39, 0.29) is 5.54 Å². The summed E-state index contributed by atoms with van der Waals surface area (Å²) in [7, 11) is 4.53. The molecule has 0 saturated carbocycles. The average molecular weight is 434 g/mol. The van der Waals surface area contributed by atoms with Crippen LogP contribution in [0.2, 0.25) is 0 Å². The van der Waals surface area contributed by atoms with Gasteiger partial charge in [-0.05, 0) is 38.5 Å². The molecule has 0 radical (unpaired) electrons. The van der Waals surface area contributed by atoms with Gasteiger partial charge in [0.2, 0.25) is 0 Å². The largest absolute Gasteiger partial charge is 0.478 e. The minimum absolute atomic E-state index is 0.0818. The molecule has 1 fully saturated rings. The van der Waals surface area contributed by atoms with Crippen molar-refractivity contribution < 1.29 is 19.8 Å². The number of likely N-dealkylation sites (N-methyl/N-ethyl adjacent to an activating group) is 1. The van der Waals surface area contributed by atoms with Crippen molar-refractivity contribution in [1.82, 2.24) is 9.80 Å². The van der Waals surface area contributed by atoms with Crippen molar-refractivity contribution in [2.45, 2.75) is 24.8 Å². The van der Waals surface area contributed by atoms with E-state index in [1.54, 1.807) is 0 Å². The molecule has 32 heavy (non-hydrogen) atoms. The summed E-state index contributed by atoms with van der Waals surface area (Å²) < 4.78 is 0. The Morgan fingerprint density at radius 2 is 1.72 bits per heavy atom. The van der Waals surface area contributed by atoms with Crippen LogP contribution >= 0.6 is 0 Å². The summed E-state index contributed by atoms with van der Waals surface area (Å²) in [5.74, 6) is -2.51. The molecule has 1 saturated heterocycles. The van der Waals surface area contributed by atoms with Gasteiger partial charge in [0.25, 0.3) is 0 Å². The van der Waals surface area contributed by atoms with Crippen LogP contribution in [0.4, 0.5) is 0 Å². The number of benzene rings is 1. The summed E-state index contributed by atoms with van der Waals surface area (Å²) in [4.78, 5) is 29.2. The van der Waals surface area contributed by atoms with Crippen LogP contribution in [0, 0.1) is 0 Å². The van der Waals surface area contributed by atoms with Gasteiger partial charge in [0.05, 0.1) is 16.6 Å². The Bertz CT molecular complexity index is 1180. The Morgan fingerprint density at radius 3 is 2.38 bits per heavy atom. The van der Waals surface area contributed by atoms with Gasteiger partial charge in [-0.3, -0.25) is 0 Å². The summed E-state index contributed by atoms with van der Waals surface area (Å²) in [5.41, 5.74) is 5.59. The van der Waals surface area contributed by atoms with Crippen molar-refractivity contribution in [2.24, 2.45) is 4.99 Å². The second kappa shape index (κ2) is 8.59. The third-order valence-corrected chi connectivity index (χ3v) is 6.60. The van der Waals surface area contributed by atoms with E-state index in [0.717, 1.165) is 37.7 Å². The van der Waals surface area contributed by atoms with Gasteiger partial charge < -0.3 is 20.0 Å². The SMILES string of the molecule is CN1CCC2(CC1)C1=c3ccccc3=NC1=C1CC=CC=C1N2C.O=C(O)C=CC(=O)O. The lowest BCUT2D eigenvalue weighted by Gasteiger charge is -2.53. The van der Waals surface area contributed by atoms with Crippen LogP contribution in [-0.2, 0) is 9.59 Å². The van der Waals surface area contributed by atoms with Crippen LogP contribution in [0.1, 0.15) is 19.3 Å². The topological polar surface area (TPSA) is 93.4 Å². The van der Waals surface area contributed by atoms with Gasteiger partial charge in [0.1, 0.15) is 0 Å². The molecule has 2 N–H and O–H groups in total. The van der Waals surface area contributed by atoms with E-state index >= 15 is 0 Å². The maximum Gasteiger partial charge on any atom is 0.328 e. The second-order valence-corrected chi connectivity index (χ2v) is 8.42. The molecular weight excluding hydrogens is 406 g/mol. The molecule has 4 aliphatic rings. The number of aliphatic carboxylic acids is 2. The van der Waals surface area contributed by atoms with Crippen molar-refractivity contribution in [3.05, 3.63) is 82.2 Å². The van der Waals surface area contributed by atoms with Gasteiger partial charge in [0, 0.05) is 54.4 Å². The highest BCUT2D eigenvalue weighted by atomic mass is 16.4. The maximum atomic E-state index is 9.55. The molecule has 1 aromatic carbocycles. The Kier molecular flexibility index (Phi) is 5.84. The van der Waals surface area contributed by atoms with E-state index in [4.69, 9.17) is 15.2 Å². The number of hydrogen-bond acceptors (Lipinski definition) is 5. The molecule has 3 aliphatic heterocycles. The van der Waals surface area contributed by atoms with E-state index in [1.165, 1.54) is 27.8 Å². The lowest BCUT2D eigenvalue weighted by molar-refractivity contribution is -0.134. The number of carboxylic acid groups (broad SMARTS) is 2. The van der Waals surface area contributed by atoms with Crippen LogP contribution in [-0.4, -0.2) is 64.7 Å². The molecule has 0 bridgehead atoms. The van der Waals surface area contributed by atoms with Crippen molar-refractivity contribution in [2.75, 3.05) is 27.2 Å². The predicted octanol–water partition coefficient (Wildman–Crippen LogP) is 1.69. The number of fused-ring (bicyclic) bond motifs is 4. The highest BCUT2D eigenvalue weighted by Crippen LogP contribution is 2.49. The first-order valence-corrected chi connectivity index (χ1v) is 10.7. The van der Waals surface area contributed by atoms with Crippen molar-refractivity contribution in [1.29, 1.82) is 0 Å². The molecule has 0 unspecified atom stereocenters. The smallest absolute Gasteiger partial charge is 0.328 e. The van der Waals surface area contributed by atoms with E-state index in [0.29, 0.717) is 12.2 Å². The number of allylic oxidation sites excluding steroid dienone is 4. The van der Waals surface area contributed by atoms with Gasteiger partial charge in [0.15, 0.2) is 0 Å². The zero-order valence-corrected chi connectivity index (χ0v) is 18.3. The highest BCUT2D eigenvalue weighted by molar-refractivity contribution is 5.89. The quantitative estimate of drug-likeness (QED) is 0.690. The average Bonchev–Trinajstić information content (AvgIpc) is 3.18. The van der Waals surface area contributed by atoms with Crippen LogP contribution in [0.15, 0.2) is 76.6 Å². The second-order valence-electron chi connectivity index (χ2n) is 8.42. The summed E-state index contributed by atoms with van der Waals surface area (Å²) in [6, 6.07) is 8.69. The molecule has 1 spiro atoms. The van der Waals surface area contributed by atoms with Gasteiger partial charge in [-0.1, -0.05) is 30.4 Å². The number of carboxylic acids is 2. The zero-order valence-electron chi connectivity index (χ0n) is 18.3. The molecule has 3 heterocycles. The normalized spacial score (nSPS) is 20.8. The fourth-order valence-electron chi connectivity index (χ4n) is 4.97. The van der Waals surface area contributed by atoms with E-state index in [2.05, 4.69) is 66.4 Å². The number of hydrogen-bond donors (Lipinski definition) is 2. The van der Waals surface area contributed by atoms with Gasteiger partial charge in [-0.15, -0.1) is 0 Å². The lowest BCUT2D eigenvalue weighted by Crippen LogP contribution is -2.57. The monoisotopic (exact) mass is 433 g/mol. The highest BCUT2D eigenvalue weighted by Gasteiger charge is 2.48. The molecule has 0 atom stereocenters. The molecule has 0 amide bonds. The Labute approximate surface area is 186 Å². The van der Waals surface area contributed by atoms with Crippen molar-refractivity contribution in [3.8, 4) is 0 Å². The summed E-state index contributed by atoms with van der Waals surface area (Å²) in [6.07, 6.45) is 11.2. The van der Waals surface area contributed by atoms with E-state index < -0.39 is 11.9 Å². The van der Waals surface area contributed by atoms with Gasteiger partial charge in [-0.25, -0.2) is 14.6 Å². The number of likely N-dealkylation sites (tertiary alicyclic amines) is 1. The number of piperidine rings is 1. The van der Waals surface area contributed by atoms with Crippen LogP contribution < -0.4 is 10.6 Å². The Balaban J connectivity index is 0.000000265. The number of nitrogens with zero attached hydrogens (tertiary/aromatic N) is 3. The third-order valence-electron chi connectivity index (χ3n) is 6.60. The first kappa shape index (κ1) is 21.8. The molecule has 7 nitrogen and oxygen atoms in total. The van der Waals surface area contributed by atoms with Gasteiger partial charge >= 0.3 is 11.9 Å². The Hall–Kier alpha value is -3.45. The number of para-hydroxylation sites is 1. The lowest BCUT2D eigenvalue weighted by atomic mass is 9.72. The van der Waals surface area contributed by atoms with E-state index in [9.17, 15) is 9.59 Å². The standard InChI is InChI=1S/C21H23N3.C4H4O4/c1-23-13-11-21(12-14-23)19-15-7-3-5-9-17(15)22-20(19)16-8-4-6-10-18(16)24(21)2;5-3(6)1-2-4(7)8/h3-7,9-10H,8,11-14H2,1-2H3;1-2H,(H,5,6)(H,7,8). The van der Waals surface area contributed by atoms with E-state index in [1.807, 2.05) is 0 Å². The number of carbonyl (C=O) groups is 2. The summed E-state index contributed by atoms with van der Waals surface area (Å²) in [6.45, 7) is 2.28. The first-order valence-electron chi connectivity index (χ1n) is 10.7. The molecule has 0 aromatic heterocycles. The maximum absolute atomic E-state index is 9.55. The Morgan fingerprint density at radius 1 is 1.06 bits per heavy atom. The zero-order chi connectivity index (χ0) is 22.9. The minimum Gasteiger partial charge on any atom is -0.478 e. The molecular formula is C25H27N3O4. The van der Waals surface area contributed by atoms with Crippen LogP contribution in [0.5, 0.6) is 0 Å². The third kappa shape index (κ3) is 3.80. The van der Waals surface area contributed by atoms with Crippen LogP contribution in [0.25, 0.3) is 5.57 Å². The first-order chi connectivity index (χ1) is 15.3. The van der Waals surface area contributed by atoms with Gasteiger partial charge in [-0.2, -0.15) is 0 Å². The molecule has 5 rings (SSSR count). The van der Waals surface area contributed by atoms with Crippen LogP contribution in [0.3, 0.4) is 0 Å². The minimum atomic E-state index is -1.26. The molecule has 1 aliphatic carbocycles. The van der Waals surface area contributed by atoms with Crippen molar-refractivity contribution in [3.63, 3.8) is 0 Å². The number of rotatable bonds is 2. The summed E-state index contributed by atoms with van der Waals surface area (Å²) in [5, 5.41) is 18.1. The fraction of sp³-hybridized carbons (Fsp3) is 0.320. The molecule has 7 heteroatoms.